The molecule has 0 saturated carbocycles. The van der Waals surface area contributed by atoms with Crippen molar-refractivity contribution in [3.05, 3.63) is 0 Å². The molecule has 0 bridgehead atoms. The number of alkyl halides is 6. The molecule has 1 nitrogen and oxygen atoms in total. The largest absolute Gasteiger partial charge is 0.426 e. The summed E-state index contributed by atoms with van der Waals surface area (Å²) in [6, 6.07) is 0. The van der Waals surface area contributed by atoms with Crippen LogP contribution in [0.4, 0.5) is 26.3 Å². The second-order valence-electron chi connectivity index (χ2n) is 3.39. The first-order valence-corrected chi connectivity index (χ1v) is 5.16. The lowest BCUT2D eigenvalue weighted by Gasteiger charge is -2.32. The van der Waals surface area contributed by atoms with Crippen molar-refractivity contribution in [2.45, 2.75) is 43.6 Å². The van der Waals surface area contributed by atoms with Crippen molar-refractivity contribution in [3.8, 4) is 0 Å². The summed E-state index contributed by atoms with van der Waals surface area (Å²) in [6.45, 7) is 0. The Morgan fingerprint density at radius 1 is 0.812 bits per heavy atom. The summed E-state index contributed by atoms with van der Waals surface area (Å²) < 4.78 is 72.7. The second-order valence-corrected chi connectivity index (χ2v) is 3.84. The summed E-state index contributed by atoms with van der Waals surface area (Å²) in [6.07, 6.45) is -12.5. The molecule has 0 aromatic carbocycles. The van der Waals surface area contributed by atoms with Crippen LogP contribution in [0, 0.1) is 0 Å². The number of rotatable bonds is 5. The molecule has 0 amide bonds. The van der Waals surface area contributed by atoms with E-state index in [9.17, 15) is 26.3 Å². The minimum atomic E-state index is -5.70. The van der Waals surface area contributed by atoms with Crippen LogP contribution in [0.15, 0.2) is 0 Å². The number of hydrogen-bond acceptors (Lipinski definition) is 2. The summed E-state index contributed by atoms with van der Waals surface area (Å²) >= 11 is 3.77. The summed E-state index contributed by atoms with van der Waals surface area (Å²) in [5.41, 5.74) is -4.60. The maximum absolute atomic E-state index is 12.1. The average molecular weight is 270 g/mol. The normalized spacial score (nSPS) is 14.2. The van der Waals surface area contributed by atoms with Crippen molar-refractivity contribution < 1.29 is 31.4 Å². The van der Waals surface area contributed by atoms with Crippen molar-refractivity contribution in [3.63, 3.8) is 0 Å². The van der Waals surface area contributed by atoms with Crippen LogP contribution in [0.5, 0.6) is 0 Å². The van der Waals surface area contributed by atoms with E-state index in [1.807, 2.05) is 0 Å². The van der Waals surface area contributed by atoms with E-state index in [0.717, 1.165) is 0 Å². The molecule has 0 aliphatic carbocycles. The lowest BCUT2D eigenvalue weighted by molar-refractivity contribution is -0.370. The van der Waals surface area contributed by atoms with Gasteiger partial charge in [-0.15, -0.1) is 0 Å². The molecule has 0 fully saturated rings. The zero-order valence-corrected chi connectivity index (χ0v) is 9.09. The van der Waals surface area contributed by atoms with Gasteiger partial charge in [-0.3, -0.25) is 0 Å². The molecule has 0 radical (unpaired) electrons. The van der Waals surface area contributed by atoms with Gasteiger partial charge in [-0.2, -0.15) is 39.0 Å². The number of halogens is 6. The number of aliphatic hydroxyl groups is 1. The van der Waals surface area contributed by atoms with Crippen molar-refractivity contribution in [1.29, 1.82) is 0 Å². The Hall–Kier alpha value is -0.110. The Bertz CT molecular complexity index is 198. The fourth-order valence-electron chi connectivity index (χ4n) is 1.11. The van der Waals surface area contributed by atoms with Gasteiger partial charge in [0, 0.05) is 0 Å². The van der Waals surface area contributed by atoms with Crippen LogP contribution in [0.1, 0.15) is 25.7 Å². The van der Waals surface area contributed by atoms with Crippen LogP contribution in [0.25, 0.3) is 0 Å². The van der Waals surface area contributed by atoms with Gasteiger partial charge in [0.15, 0.2) is 0 Å². The Morgan fingerprint density at radius 3 is 1.56 bits per heavy atom. The molecule has 0 saturated heterocycles. The Morgan fingerprint density at radius 2 is 1.25 bits per heavy atom. The first-order valence-electron chi connectivity index (χ1n) is 4.53. The van der Waals surface area contributed by atoms with Crippen molar-refractivity contribution >= 4 is 12.6 Å². The zero-order valence-electron chi connectivity index (χ0n) is 8.20. The van der Waals surface area contributed by atoms with Gasteiger partial charge in [0.2, 0.25) is 0 Å². The predicted molar refractivity (Wildman–Crippen MR) is 49.4 cm³/mol. The van der Waals surface area contributed by atoms with Gasteiger partial charge in [0.25, 0.3) is 5.60 Å². The number of unbranched alkanes of at least 4 members (excludes halogenated alkanes) is 2. The molecule has 98 valence electrons. The van der Waals surface area contributed by atoms with Gasteiger partial charge in [0.05, 0.1) is 0 Å². The molecule has 0 heterocycles. The molecule has 0 aromatic rings. The fourth-order valence-corrected chi connectivity index (χ4v) is 1.34. The van der Waals surface area contributed by atoms with E-state index in [1.54, 1.807) is 0 Å². The topological polar surface area (TPSA) is 20.2 Å². The zero-order chi connectivity index (χ0) is 13.0. The fraction of sp³-hybridized carbons (Fsp3) is 1.00. The second kappa shape index (κ2) is 5.48. The molecule has 8 heteroatoms. The number of thiol groups is 1. The van der Waals surface area contributed by atoms with Gasteiger partial charge < -0.3 is 5.11 Å². The molecular weight excluding hydrogens is 258 g/mol. The van der Waals surface area contributed by atoms with Gasteiger partial charge in [-0.1, -0.05) is 6.42 Å². The van der Waals surface area contributed by atoms with E-state index >= 15 is 0 Å². The summed E-state index contributed by atoms with van der Waals surface area (Å²) in [5.74, 6) is 0.385. The number of hydrogen-bond donors (Lipinski definition) is 2. The van der Waals surface area contributed by atoms with Crippen LogP contribution in [0.2, 0.25) is 0 Å². The summed E-state index contributed by atoms with van der Waals surface area (Å²) in [4.78, 5) is 0. The Labute approximate surface area is 94.2 Å². The molecule has 0 aromatic heterocycles. The van der Waals surface area contributed by atoms with E-state index in [-0.39, 0.29) is 12.8 Å². The van der Waals surface area contributed by atoms with Gasteiger partial charge in [-0.05, 0) is 25.0 Å². The van der Waals surface area contributed by atoms with E-state index in [1.165, 1.54) is 0 Å². The third kappa shape index (κ3) is 3.73. The van der Waals surface area contributed by atoms with E-state index in [2.05, 4.69) is 12.6 Å². The van der Waals surface area contributed by atoms with Gasteiger partial charge in [-0.25, -0.2) is 0 Å². The van der Waals surface area contributed by atoms with Crippen LogP contribution < -0.4 is 0 Å². The monoisotopic (exact) mass is 270 g/mol. The standard InChI is InChI=1S/C8H12F6OS/c9-7(10,11)6(15,8(12,13)14)4-2-1-3-5-16/h15-16H,1-5H2. The first-order chi connectivity index (χ1) is 7.06. The lowest BCUT2D eigenvalue weighted by Crippen LogP contribution is -2.56. The third-order valence-corrected chi connectivity index (χ3v) is 2.45. The van der Waals surface area contributed by atoms with E-state index < -0.39 is 24.4 Å². The summed E-state index contributed by atoms with van der Waals surface area (Å²) in [5, 5.41) is 8.71. The lowest BCUT2D eigenvalue weighted by atomic mass is 9.95. The quantitative estimate of drug-likeness (QED) is 0.446. The Balaban J connectivity index is 4.59. The highest BCUT2D eigenvalue weighted by Crippen LogP contribution is 2.45. The minimum Gasteiger partial charge on any atom is -0.374 e. The molecule has 0 unspecified atom stereocenters. The summed E-state index contributed by atoms with van der Waals surface area (Å²) in [7, 11) is 0. The predicted octanol–water partition coefficient (Wildman–Crippen LogP) is 3.33. The molecule has 0 atom stereocenters. The van der Waals surface area contributed by atoms with Crippen LogP contribution in [-0.4, -0.2) is 28.8 Å². The maximum Gasteiger partial charge on any atom is 0.426 e. The Kier molecular flexibility index (Phi) is 5.45. The highest BCUT2D eigenvalue weighted by atomic mass is 32.1. The van der Waals surface area contributed by atoms with E-state index in [4.69, 9.17) is 5.11 Å². The van der Waals surface area contributed by atoms with Gasteiger partial charge in [0.1, 0.15) is 0 Å². The highest BCUT2D eigenvalue weighted by Gasteiger charge is 2.69. The van der Waals surface area contributed by atoms with Crippen molar-refractivity contribution in [1.82, 2.24) is 0 Å². The van der Waals surface area contributed by atoms with Crippen molar-refractivity contribution in [2.75, 3.05) is 5.75 Å². The van der Waals surface area contributed by atoms with Crippen LogP contribution in [0.3, 0.4) is 0 Å². The highest BCUT2D eigenvalue weighted by molar-refractivity contribution is 7.80. The molecule has 0 aliphatic heterocycles. The molecule has 1 N–H and O–H groups in total. The SMILES string of the molecule is OC(CCCCCS)(C(F)(F)F)C(F)(F)F. The maximum atomic E-state index is 12.1. The molecule has 16 heavy (non-hydrogen) atoms. The van der Waals surface area contributed by atoms with Crippen molar-refractivity contribution in [2.24, 2.45) is 0 Å². The first kappa shape index (κ1) is 15.9. The smallest absolute Gasteiger partial charge is 0.374 e. The van der Waals surface area contributed by atoms with Crippen LogP contribution >= 0.6 is 12.6 Å². The van der Waals surface area contributed by atoms with Crippen LogP contribution in [-0.2, 0) is 0 Å². The third-order valence-electron chi connectivity index (χ3n) is 2.13. The molecule has 0 aliphatic rings. The molecule has 0 spiro atoms. The van der Waals surface area contributed by atoms with Gasteiger partial charge >= 0.3 is 12.4 Å². The molecular formula is C8H12F6OS. The average Bonchev–Trinajstić information content (AvgIpc) is 2.08. The molecule has 0 rings (SSSR count). The minimum absolute atomic E-state index is 0.165. The van der Waals surface area contributed by atoms with E-state index in [0.29, 0.717) is 12.2 Å².